The first-order valence-corrected chi connectivity index (χ1v) is 6.96. The standard InChI is InChI=1S/C13H22N2O3/c1-15(13(16)12-8-17-4-5-18-12)11-6-9-2-3-10(7-11)14-9/h9-12,14H,2-8H2,1H3. The Balaban J connectivity index is 1.59. The van der Waals surface area contributed by atoms with Crippen LogP contribution in [-0.2, 0) is 14.3 Å². The van der Waals surface area contributed by atoms with E-state index in [9.17, 15) is 4.79 Å². The maximum atomic E-state index is 12.3. The normalized spacial score (nSPS) is 39.6. The maximum Gasteiger partial charge on any atom is 0.254 e. The second-order valence-electron chi connectivity index (χ2n) is 5.65. The van der Waals surface area contributed by atoms with Crippen LogP contribution in [0.15, 0.2) is 0 Å². The largest absolute Gasteiger partial charge is 0.376 e. The quantitative estimate of drug-likeness (QED) is 0.762. The molecule has 3 heterocycles. The summed E-state index contributed by atoms with van der Waals surface area (Å²) in [4.78, 5) is 14.2. The first-order valence-electron chi connectivity index (χ1n) is 6.96. The van der Waals surface area contributed by atoms with Gasteiger partial charge in [-0.3, -0.25) is 4.79 Å². The van der Waals surface area contributed by atoms with Gasteiger partial charge in [0.1, 0.15) is 0 Å². The minimum atomic E-state index is -0.392. The van der Waals surface area contributed by atoms with Gasteiger partial charge in [0.05, 0.1) is 19.8 Å². The monoisotopic (exact) mass is 254 g/mol. The topological polar surface area (TPSA) is 50.8 Å². The van der Waals surface area contributed by atoms with E-state index in [0.717, 1.165) is 12.8 Å². The van der Waals surface area contributed by atoms with E-state index in [1.54, 1.807) is 0 Å². The maximum absolute atomic E-state index is 12.3. The van der Waals surface area contributed by atoms with Crippen LogP contribution in [0.4, 0.5) is 0 Å². The summed E-state index contributed by atoms with van der Waals surface area (Å²) in [6.45, 7) is 1.54. The zero-order chi connectivity index (χ0) is 12.5. The average Bonchev–Trinajstić information content (AvgIpc) is 2.77. The number of hydrogen-bond donors (Lipinski definition) is 1. The summed E-state index contributed by atoms with van der Waals surface area (Å²) in [5.74, 6) is 0.0843. The van der Waals surface area contributed by atoms with Crippen molar-refractivity contribution < 1.29 is 14.3 Å². The molecule has 3 unspecified atom stereocenters. The van der Waals surface area contributed by atoms with Crippen molar-refractivity contribution in [2.45, 2.75) is 49.9 Å². The molecule has 102 valence electrons. The van der Waals surface area contributed by atoms with E-state index in [1.807, 2.05) is 11.9 Å². The molecule has 2 bridgehead atoms. The van der Waals surface area contributed by atoms with Gasteiger partial charge in [-0.15, -0.1) is 0 Å². The molecule has 3 saturated heterocycles. The summed E-state index contributed by atoms with van der Waals surface area (Å²) >= 11 is 0. The summed E-state index contributed by atoms with van der Waals surface area (Å²) in [6, 6.07) is 1.57. The number of fused-ring (bicyclic) bond motifs is 2. The van der Waals surface area contributed by atoms with Crippen LogP contribution in [0.5, 0.6) is 0 Å². The number of hydrogen-bond acceptors (Lipinski definition) is 4. The minimum Gasteiger partial charge on any atom is -0.376 e. The van der Waals surface area contributed by atoms with Gasteiger partial charge in [-0.2, -0.15) is 0 Å². The lowest BCUT2D eigenvalue weighted by molar-refractivity contribution is -0.159. The molecule has 1 amide bonds. The number of amides is 1. The van der Waals surface area contributed by atoms with Gasteiger partial charge < -0.3 is 19.7 Å². The van der Waals surface area contributed by atoms with Crippen LogP contribution < -0.4 is 5.32 Å². The fourth-order valence-corrected chi connectivity index (χ4v) is 3.38. The first-order chi connectivity index (χ1) is 8.74. The molecular weight excluding hydrogens is 232 g/mol. The average molecular weight is 254 g/mol. The highest BCUT2D eigenvalue weighted by atomic mass is 16.6. The fourth-order valence-electron chi connectivity index (χ4n) is 3.38. The summed E-state index contributed by atoms with van der Waals surface area (Å²) in [5.41, 5.74) is 0. The van der Waals surface area contributed by atoms with Crippen LogP contribution in [0.3, 0.4) is 0 Å². The molecule has 18 heavy (non-hydrogen) atoms. The van der Waals surface area contributed by atoms with Crippen LogP contribution in [0.1, 0.15) is 25.7 Å². The molecule has 0 aromatic rings. The third kappa shape index (κ3) is 2.39. The second kappa shape index (κ2) is 5.15. The van der Waals surface area contributed by atoms with Crippen LogP contribution in [0.2, 0.25) is 0 Å². The fraction of sp³-hybridized carbons (Fsp3) is 0.923. The lowest BCUT2D eigenvalue weighted by Crippen LogP contribution is -2.52. The van der Waals surface area contributed by atoms with Crippen LogP contribution in [0, 0.1) is 0 Å². The van der Waals surface area contributed by atoms with Crippen LogP contribution >= 0.6 is 0 Å². The Morgan fingerprint density at radius 2 is 1.94 bits per heavy atom. The van der Waals surface area contributed by atoms with Crippen molar-refractivity contribution >= 4 is 5.91 Å². The predicted molar refractivity (Wildman–Crippen MR) is 66.3 cm³/mol. The van der Waals surface area contributed by atoms with Gasteiger partial charge in [0.25, 0.3) is 5.91 Å². The van der Waals surface area contributed by atoms with Gasteiger partial charge in [0.15, 0.2) is 6.10 Å². The number of carbonyl (C=O) groups excluding carboxylic acids is 1. The molecular formula is C13H22N2O3. The van der Waals surface area contributed by atoms with Crippen molar-refractivity contribution in [3.05, 3.63) is 0 Å². The lowest BCUT2D eigenvalue weighted by Gasteiger charge is -2.37. The molecule has 0 radical (unpaired) electrons. The molecule has 0 spiro atoms. The Labute approximate surface area is 108 Å². The molecule has 3 fully saturated rings. The molecule has 3 rings (SSSR count). The number of nitrogens with zero attached hydrogens (tertiary/aromatic N) is 1. The number of nitrogens with one attached hydrogen (secondary N) is 1. The van der Waals surface area contributed by atoms with Crippen LogP contribution in [0.25, 0.3) is 0 Å². The van der Waals surface area contributed by atoms with E-state index < -0.39 is 6.10 Å². The molecule has 1 N–H and O–H groups in total. The molecule has 5 heteroatoms. The van der Waals surface area contributed by atoms with Crippen molar-refractivity contribution in [1.82, 2.24) is 10.2 Å². The Bertz CT molecular complexity index is 305. The Morgan fingerprint density at radius 1 is 1.22 bits per heavy atom. The van der Waals surface area contributed by atoms with E-state index in [1.165, 1.54) is 12.8 Å². The highest BCUT2D eigenvalue weighted by molar-refractivity contribution is 5.81. The van der Waals surface area contributed by atoms with Crippen molar-refractivity contribution in [1.29, 1.82) is 0 Å². The number of likely N-dealkylation sites (N-methyl/N-ethyl adjacent to an activating group) is 1. The SMILES string of the molecule is CN(C(=O)C1COCCO1)C1CC2CCC(C1)N2. The second-order valence-corrected chi connectivity index (χ2v) is 5.65. The first kappa shape index (κ1) is 12.4. The van der Waals surface area contributed by atoms with Crippen molar-refractivity contribution in [2.75, 3.05) is 26.9 Å². The van der Waals surface area contributed by atoms with E-state index in [0.29, 0.717) is 37.9 Å². The molecule has 3 atom stereocenters. The molecule has 3 aliphatic rings. The zero-order valence-electron chi connectivity index (χ0n) is 10.9. The Kier molecular flexibility index (Phi) is 3.54. The van der Waals surface area contributed by atoms with E-state index in [4.69, 9.17) is 9.47 Å². The van der Waals surface area contributed by atoms with Crippen molar-refractivity contribution in [3.63, 3.8) is 0 Å². The molecule has 0 saturated carbocycles. The molecule has 0 aromatic carbocycles. The predicted octanol–water partition coefficient (Wildman–Crippen LogP) is 0.143. The number of piperidine rings is 1. The minimum absolute atomic E-state index is 0.0843. The number of ether oxygens (including phenoxy) is 2. The Hall–Kier alpha value is -0.650. The van der Waals surface area contributed by atoms with E-state index in [-0.39, 0.29) is 5.91 Å². The van der Waals surface area contributed by atoms with Crippen molar-refractivity contribution in [3.8, 4) is 0 Å². The van der Waals surface area contributed by atoms with E-state index in [2.05, 4.69) is 5.32 Å². The van der Waals surface area contributed by atoms with Gasteiger partial charge >= 0.3 is 0 Å². The molecule has 5 nitrogen and oxygen atoms in total. The lowest BCUT2D eigenvalue weighted by atomic mass is 9.98. The van der Waals surface area contributed by atoms with Gasteiger partial charge in [-0.1, -0.05) is 0 Å². The molecule has 0 aliphatic carbocycles. The number of carbonyl (C=O) groups is 1. The van der Waals surface area contributed by atoms with E-state index >= 15 is 0 Å². The van der Waals surface area contributed by atoms with Gasteiger partial charge in [0, 0.05) is 25.2 Å². The zero-order valence-corrected chi connectivity index (χ0v) is 10.9. The summed E-state index contributed by atoms with van der Waals surface area (Å²) in [6.07, 6.45) is 4.27. The van der Waals surface area contributed by atoms with Gasteiger partial charge in [0.2, 0.25) is 0 Å². The smallest absolute Gasteiger partial charge is 0.254 e. The molecule has 3 aliphatic heterocycles. The summed E-state index contributed by atoms with van der Waals surface area (Å²) < 4.78 is 10.8. The molecule has 0 aromatic heterocycles. The third-order valence-corrected chi connectivity index (χ3v) is 4.43. The van der Waals surface area contributed by atoms with Gasteiger partial charge in [-0.25, -0.2) is 0 Å². The highest BCUT2D eigenvalue weighted by Crippen LogP contribution is 2.29. The number of rotatable bonds is 2. The van der Waals surface area contributed by atoms with Crippen molar-refractivity contribution in [2.24, 2.45) is 0 Å². The van der Waals surface area contributed by atoms with Crippen LogP contribution in [-0.4, -0.2) is 61.9 Å². The van der Waals surface area contributed by atoms with Gasteiger partial charge in [-0.05, 0) is 25.7 Å². The third-order valence-electron chi connectivity index (χ3n) is 4.43. The summed E-state index contributed by atoms with van der Waals surface area (Å²) in [5, 5.41) is 3.60. The Morgan fingerprint density at radius 3 is 2.56 bits per heavy atom. The highest BCUT2D eigenvalue weighted by Gasteiger charge is 2.38. The summed E-state index contributed by atoms with van der Waals surface area (Å²) in [7, 11) is 1.91.